The Labute approximate surface area is 109 Å². The maximum absolute atomic E-state index is 6.01. The first kappa shape index (κ1) is 12.0. The molecule has 0 atom stereocenters. The quantitative estimate of drug-likeness (QED) is 0.899. The van der Waals surface area contributed by atoms with E-state index in [-0.39, 0.29) is 0 Å². The predicted octanol–water partition coefficient (Wildman–Crippen LogP) is 2.98. The molecule has 17 heavy (non-hydrogen) atoms. The second-order valence-electron chi connectivity index (χ2n) is 3.38. The van der Waals surface area contributed by atoms with Gasteiger partial charge in [-0.1, -0.05) is 23.2 Å². The van der Waals surface area contributed by atoms with Gasteiger partial charge in [0.05, 0.1) is 17.3 Å². The largest absolute Gasteiger partial charge is 0.384 e. The standard InChI is InChI=1S/C11H10Cl2N4/c12-7-1-2-8(13)9(5-7)16-6-11-15-4-3-10(14)17-11/h1-5,16H,6H2,(H2,14,15,17). The Morgan fingerprint density at radius 3 is 2.82 bits per heavy atom. The van der Waals surface area contributed by atoms with Crippen molar-refractivity contribution in [3.63, 3.8) is 0 Å². The topological polar surface area (TPSA) is 63.8 Å². The summed E-state index contributed by atoms with van der Waals surface area (Å²) in [5.74, 6) is 1.04. The Morgan fingerprint density at radius 1 is 1.24 bits per heavy atom. The molecule has 3 N–H and O–H groups in total. The zero-order valence-electron chi connectivity index (χ0n) is 8.82. The number of rotatable bonds is 3. The van der Waals surface area contributed by atoms with E-state index in [2.05, 4.69) is 15.3 Å². The number of hydrogen-bond donors (Lipinski definition) is 2. The molecule has 0 amide bonds. The lowest BCUT2D eigenvalue weighted by molar-refractivity contribution is 0.954. The molecule has 0 spiro atoms. The first-order valence-corrected chi connectivity index (χ1v) is 5.67. The first-order valence-electron chi connectivity index (χ1n) is 4.91. The van der Waals surface area contributed by atoms with Crippen LogP contribution in [0.25, 0.3) is 0 Å². The molecular weight excluding hydrogens is 259 g/mol. The number of nitrogen functional groups attached to an aromatic ring is 1. The van der Waals surface area contributed by atoms with Crippen LogP contribution in [0.1, 0.15) is 5.82 Å². The third-order valence-electron chi connectivity index (χ3n) is 2.09. The molecule has 0 fully saturated rings. The maximum Gasteiger partial charge on any atom is 0.149 e. The van der Waals surface area contributed by atoms with Crippen LogP contribution in [0.4, 0.5) is 11.5 Å². The molecule has 88 valence electrons. The highest BCUT2D eigenvalue weighted by atomic mass is 35.5. The first-order chi connectivity index (χ1) is 8.15. The molecule has 4 nitrogen and oxygen atoms in total. The number of nitrogens with one attached hydrogen (secondary N) is 1. The van der Waals surface area contributed by atoms with Crippen molar-refractivity contribution in [1.29, 1.82) is 0 Å². The van der Waals surface area contributed by atoms with E-state index in [4.69, 9.17) is 28.9 Å². The smallest absolute Gasteiger partial charge is 0.149 e. The average molecular weight is 269 g/mol. The van der Waals surface area contributed by atoms with Gasteiger partial charge in [0.25, 0.3) is 0 Å². The number of hydrogen-bond acceptors (Lipinski definition) is 4. The fraction of sp³-hybridized carbons (Fsp3) is 0.0909. The van der Waals surface area contributed by atoms with Crippen LogP contribution in [-0.4, -0.2) is 9.97 Å². The third-order valence-corrected chi connectivity index (χ3v) is 2.66. The van der Waals surface area contributed by atoms with Crippen molar-refractivity contribution in [1.82, 2.24) is 9.97 Å². The molecular formula is C11H10Cl2N4. The van der Waals surface area contributed by atoms with Gasteiger partial charge in [-0.15, -0.1) is 0 Å². The zero-order chi connectivity index (χ0) is 12.3. The van der Waals surface area contributed by atoms with Gasteiger partial charge in [-0.2, -0.15) is 0 Å². The van der Waals surface area contributed by atoms with Gasteiger partial charge in [-0.25, -0.2) is 9.97 Å². The van der Waals surface area contributed by atoms with Gasteiger partial charge in [0.1, 0.15) is 11.6 Å². The van der Waals surface area contributed by atoms with E-state index in [0.717, 1.165) is 5.69 Å². The fourth-order valence-corrected chi connectivity index (χ4v) is 1.66. The summed E-state index contributed by atoms with van der Waals surface area (Å²) in [5.41, 5.74) is 6.30. The number of benzene rings is 1. The Kier molecular flexibility index (Phi) is 3.66. The van der Waals surface area contributed by atoms with Crippen LogP contribution in [0.3, 0.4) is 0 Å². The van der Waals surface area contributed by atoms with Gasteiger partial charge < -0.3 is 11.1 Å². The summed E-state index contributed by atoms with van der Waals surface area (Å²) in [5, 5.41) is 4.31. The summed E-state index contributed by atoms with van der Waals surface area (Å²) in [4.78, 5) is 8.15. The Bertz CT molecular complexity index is 531. The molecule has 0 aliphatic rings. The maximum atomic E-state index is 6.01. The van der Waals surface area contributed by atoms with E-state index >= 15 is 0 Å². The monoisotopic (exact) mass is 268 g/mol. The highest BCUT2D eigenvalue weighted by Crippen LogP contribution is 2.25. The van der Waals surface area contributed by atoms with E-state index in [0.29, 0.717) is 28.2 Å². The lowest BCUT2D eigenvalue weighted by Crippen LogP contribution is -2.05. The van der Waals surface area contributed by atoms with Crippen LogP contribution in [0.5, 0.6) is 0 Å². The van der Waals surface area contributed by atoms with Crippen molar-refractivity contribution in [3.05, 3.63) is 46.3 Å². The summed E-state index contributed by atoms with van der Waals surface area (Å²) >= 11 is 11.9. The highest BCUT2D eigenvalue weighted by Gasteiger charge is 2.02. The number of anilines is 2. The number of aromatic nitrogens is 2. The minimum Gasteiger partial charge on any atom is -0.384 e. The summed E-state index contributed by atoms with van der Waals surface area (Å²) in [7, 11) is 0. The summed E-state index contributed by atoms with van der Waals surface area (Å²) in [6, 6.07) is 6.84. The molecule has 0 radical (unpaired) electrons. The van der Waals surface area contributed by atoms with E-state index in [1.54, 1.807) is 30.5 Å². The van der Waals surface area contributed by atoms with Crippen LogP contribution in [0.2, 0.25) is 10.0 Å². The average Bonchev–Trinajstić information content (AvgIpc) is 2.30. The second-order valence-corrected chi connectivity index (χ2v) is 4.22. The normalized spacial score (nSPS) is 10.2. The molecule has 1 aromatic heterocycles. The van der Waals surface area contributed by atoms with Crippen molar-refractivity contribution in [3.8, 4) is 0 Å². The lowest BCUT2D eigenvalue weighted by Gasteiger charge is -2.08. The highest BCUT2D eigenvalue weighted by molar-refractivity contribution is 6.35. The molecule has 2 aromatic rings. The molecule has 6 heteroatoms. The van der Waals surface area contributed by atoms with Gasteiger partial charge in [0.2, 0.25) is 0 Å². The molecule has 0 saturated heterocycles. The molecule has 1 aromatic carbocycles. The molecule has 0 unspecified atom stereocenters. The van der Waals surface area contributed by atoms with Crippen LogP contribution in [-0.2, 0) is 6.54 Å². The Balaban J connectivity index is 2.09. The minimum absolute atomic E-state index is 0.436. The Morgan fingerprint density at radius 2 is 2.06 bits per heavy atom. The molecule has 0 aliphatic carbocycles. The van der Waals surface area contributed by atoms with Crippen molar-refractivity contribution >= 4 is 34.7 Å². The van der Waals surface area contributed by atoms with Crippen molar-refractivity contribution < 1.29 is 0 Å². The van der Waals surface area contributed by atoms with Crippen molar-refractivity contribution in [2.75, 3.05) is 11.1 Å². The van der Waals surface area contributed by atoms with E-state index in [1.165, 1.54) is 0 Å². The number of nitrogens with zero attached hydrogens (tertiary/aromatic N) is 2. The van der Waals surface area contributed by atoms with Gasteiger partial charge in [0.15, 0.2) is 0 Å². The number of halogens is 2. The van der Waals surface area contributed by atoms with Crippen LogP contribution < -0.4 is 11.1 Å². The fourth-order valence-electron chi connectivity index (χ4n) is 1.31. The van der Waals surface area contributed by atoms with Gasteiger partial charge in [0, 0.05) is 11.2 Å². The van der Waals surface area contributed by atoms with Gasteiger partial charge in [-0.05, 0) is 24.3 Å². The van der Waals surface area contributed by atoms with Crippen molar-refractivity contribution in [2.24, 2.45) is 0 Å². The molecule has 0 aliphatic heterocycles. The Hall–Kier alpha value is -1.52. The molecule has 0 saturated carbocycles. The van der Waals surface area contributed by atoms with Gasteiger partial charge >= 0.3 is 0 Å². The molecule has 0 bridgehead atoms. The van der Waals surface area contributed by atoms with Crippen molar-refractivity contribution in [2.45, 2.75) is 6.54 Å². The molecule has 1 heterocycles. The lowest BCUT2D eigenvalue weighted by atomic mass is 10.3. The van der Waals surface area contributed by atoms with Gasteiger partial charge in [-0.3, -0.25) is 0 Å². The van der Waals surface area contributed by atoms with E-state index in [9.17, 15) is 0 Å². The summed E-state index contributed by atoms with van der Waals surface area (Å²) < 4.78 is 0. The number of nitrogens with two attached hydrogens (primary N) is 1. The second kappa shape index (κ2) is 5.21. The molecule has 2 rings (SSSR count). The van der Waals surface area contributed by atoms with Crippen LogP contribution >= 0.6 is 23.2 Å². The summed E-state index contributed by atoms with van der Waals surface area (Å²) in [6.45, 7) is 0.436. The SMILES string of the molecule is Nc1ccnc(CNc2cc(Cl)ccc2Cl)n1. The zero-order valence-corrected chi connectivity index (χ0v) is 10.3. The summed E-state index contributed by atoms with van der Waals surface area (Å²) in [6.07, 6.45) is 1.61. The minimum atomic E-state index is 0.436. The van der Waals surface area contributed by atoms with E-state index < -0.39 is 0 Å². The van der Waals surface area contributed by atoms with E-state index in [1.807, 2.05) is 0 Å². The van der Waals surface area contributed by atoms with Crippen LogP contribution in [0, 0.1) is 0 Å². The third kappa shape index (κ3) is 3.22. The predicted molar refractivity (Wildman–Crippen MR) is 70.2 cm³/mol. The van der Waals surface area contributed by atoms with Crippen LogP contribution in [0.15, 0.2) is 30.5 Å².